The van der Waals surface area contributed by atoms with Gasteiger partial charge < -0.3 is 4.74 Å². The average molecular weight is 166 g/mol. The molecule has 1 aromatic rings. The van der Waals surface area contributed by atoms with Gasteiger partial charge in [0.05, 0.1) is 0 Å². The Labute approximate surface area is 60.4 Å². The topological polar surface area (TPSA) is 27.1 Å². The molecule has 6 heteroatoms. The molecule has 0 amide bonds. The van der Waals surface area contributed by atoms with Crippen LogP contribution < -0.4 is 4.74 Å². The van der Waals surface area contributed by atoms with Crippen molar-refractivity contribution in [1.82, 2.24) is 9.78 Å². The first-order valence-corrected chi connectivity index (χ1v) is 2.73. The number of halogens is 3. The van der Waals surface area contributed by atoms with E-state index >= 15 is 0 Å². The zero-order valence-corrected chi connectivity index (χ0v) is 5.59. The Kier molecular flexibility index (Phi) is 1.76. The van der Waals surface area contributed by atoms with E-state index in [4.69, 9.17) is 0 Å². The van der Waals surface area contributed by atoms with Gasteiger partial charge in [-0.25, -0.2) is 0 Å². The Bertz CT molecular complexity index is 242. The molecule has 0 saturated heterocycles. The second-order valence-electron chi connectivity index (χ2n) is 1.88. The third-order valence-corrected chi connectivity index (χ3v) is 0.909. The van der Waals surface area contributed by atoms with Crippen molar-refractivity contribution in [3.05, 3.63) is 12.3 Å². The van der Waals surface area contributed by atoms with Crippen LogP contribution in [-0.4, -0.2) is 16.1 Å². The predicted molar refractivity (Wildman–Crippen MR) is 29.9 cm³/mol. The summed E-state index contributed by atoms with van der Waals surface area (Å²) in [6, 6.07) is 1.13. The molecule has 0 spiro atoms. The fourth-order valence-corrected chi connectivity index (χ4v) is 0.567. The van der Waals surface area contributed by atoms with E-state index in [9.17, 15) is 13.2 Å². The van der Waals surface area contributed by atoms with Gasteiger partial charge in [-0.3, -0.25) is 4.68 Å². The van der Waals surface area contributed by atoms with Crippen LogP contribution in [0.2, 0.25) is 0 Å². The highest BCUT2D eigenvalue weighted by molar-refractivity contribution is 5.05. The molecule has 0 atom stereocenters. The van der Waals surface area contributed by atoms with Gasteiger partial charge >= 0.3 is 6.36 Å². The van der Waals surface area contributed by atoms with Crippen LogP contribution in [0.5, 0.6) is 5.88 Å². The molecule has 0 fully saturated rings. The third kappa shape index (κ3) is 2.48. The zero-order valence-electron chi connectivity index (χ0n) is 5.59. The number of alkyl halides is 3. The van der Waals surface area contributed by atoms with E-state index in [0.717, 1.165) is 6.07 Å². The maximum Gasteiger partial charge on any atom is 0.574 e. The summed E-state index contributed by atoms with van der Waals surface area (Å²) in [5.74, 6) is -0.444. The van der Waals surface area contributed by atoms with Crippen LogP contribution in [0.1, 0.15) is 0 Å². The minimum absolute atomic E-state index is 0.444. The van der Waals surface area contributed by atoms with Crippen molar-refractivity contribution >= 4 is 0 Å². The molecule has 1 rings (SSSR count). The van der Waals surface area contributed by atoms with Gasteiger partial charge in [-0.05, 0) is 0 Å². The fourth-order valence-electron chi connectivity index (χ4n) is 0.567. The SMILES string of the molecule is Cn1ccc(OC(F)(F)F)n1. The molecule has 0 aliphatic carbocycles. The van der Waals surface area contributed by atoms with E-state index in [-0.39, 0.29) is 0 Å². The first-order chi connectivity index (χ1) is 4.97. The molecule has 0 unspecified atom stereocenters. The maximum atomic E-state index is 11.5. The number of ether oxygens (including phenoxy) is 1. The number of hydrogen-bond acceptors (Lipinski definition) is 2. The summed E-state index contributed by atoms with van der Waals surface area (Å²) in [7, 11) is 1.50. The van der Waals surface area contributed by atoms with Crippen LogP contribution >= 0.6 is 0 Å². The summed E-state index contributed by atoms with van der Waals surface area (Å²) in [6.45, 7) is 0. The largest absolute Gasteiger partial charge is 0.574 e. The molecule has 0 saturated carbocycles. The molecule has 0 aliphatic rings. The van der Waals surface area contributed by atoms with Crippen LogP contribution in [0.3, 0.4) is 0 Å². The first-order valence-electron chi connectivity index (χ1n) is 2.73. The summed E-state index contributed by atoms with van der Waals surface area (Å²) in [4.78, 5) is 0. The number of nitrogens with zero attached hydrogens (tertiary/aromatic N) is 2. The predicted octanol–water partition coefficient (Wildman–Crippen LogP) is 1.32. The highest BCUT2D eigenvalue weighted by atomic mass is 19.4. The van der Waals surface area contributed by atoms with E-state index in [1.54, 1.807) is 0 Å². The van der Waals surface area contributed by atoms with E-state index in [1.807, 2.05) is 0 Å². The molecule has 62 valence electrons. The van der Waals surface area contributed by atoms with Crippen LogP contribution in [0.15, 0.2) is 12.3 Å². The van der Waals surface area contributed by atoms with Crippen molar-refractivity contribution < 1.29 is 17.9 Å². The fraction of sp³-hybridized carbons (Fsp3) is 0.400. The number of hydrogen-bond donors (Lipinski definition) is 0. The molecule has 3 nitrogen and oxygen atoms in total. The van der Waals surface area contributed by atoms with Crippen molar-refractivity contribution in [2.75, 3.05) is 0 Å². The van der Waals surface area contributed by atoms with Crippen LogP contribution in [0.25, 0.3) is 0 Å². The van der Waals surface area contributed by atoms with Gasteiger partial charge in [0, 0.05) is 19.3 Å². The molecule has 0 aliphatic heterocycles. The number of aromatic nitrogens is 2. The van der Waals surface area contributed by atoms with Gasteiger partial charge in [0.1, 0.15) is 0 Å². The molecule has 1 aromatic heterocycles. The quantitative estimate of drug-likeness (QED) is 0.629. The maximum absolute atomic E-state index is 11.5. The Morgan fingerprint density at radius 2 is 2.18 bits per heavy atom. The highest BCUT2D eigenvalue weighted by Crippen LogP contribution is 2.19. The van der Waals surface area contributed by atoms with Gasteiger partial charge in [-0.15, -0.1) is 18.3 Å². The van der Waals surface area contributed by atoms with E-state index < -0.39 is 12.2 Å². The van der Waals surface area contributed by atoms with Gasteiger partial charge in [-0.1, -0.05) is 0 Å². The molecule has 0 N–H and O–H groups in total. The lowest BCUT2D eigenvalue weighted by molar-refractivity contribution is -0.276. The normalized spacial score (nSPS) is 11.6. The van der Waals surface area contributed by atoms with Gasteiger partial charge in [0.15, 0.2) is 0 Å². The Balaban J connectivity index is 2.65. The van der Waals surface area contributed by atoms with Crippen LogP contribution in [-0.2, 0) is 7.05 Å². The smallest absolute Gasteiger partial charge is 0.386 e. The Morgan fingerprint density at radius 3 is 2.55 bits per heavy atom. The van der Waals surface area contributed by atoms with Crippen molar-refractivity contribution in [3.8, 4) is 5.88 Å². The van der Waals surface area contributed by atoms with E-state index in [0.29, 0.717) is 0 Å². The summed E-state index contributed by atoms with van der Waals surface area (Å²) in [5.41, 5.74) is 0. The van der Waals surface area contributed by atoms with E-state index in [1.165, 1.54) is 17.9 Å². The first kappa shape index (κ1) is 7.90. The van der Waals surface area contributed by atoms with Crippen molar-refractivity contribution in [2.24, 2.45) is 7.05 Å². The molecule has 0 bridgehead atoms. The lowest BCUT2D eigenvalue weighted by atomic mass is 10.7. The molecular weight excluding hydrogens is 161 g/mol. The molecule has 0 radical (unpaired) electrons. The van der Waals surface area contributed by atoms with Crippen molar-refractivity contribution in [2.45, 2.75) is 6.36 Å². The monoisotopic (exact) mass is 166 g/mol. The lowest BCUT2D eigenvalue weighted by Crippen LogP contribution is -2.17. The van der Waals surface area contributed by atoms with Gasteiger partial charge in [0.2, 0.25) is 5.88 Å². The molecule has 1 heterocycles. The number of aryl methyl sites for hydroxylation is 1. The summed E-state index contributed by atoms with van der Waals surface area (Å²) < 4.78 is 39.2. The van der Waals surface area contributed by atoms with Gasteiger partial charge in [-0.2, -0.15) is 0 Å². The number of rotatable bonds is 1. The molecule has 11 heavy (non-hydrogen) atoms. The van der Waals surface area contributed by atoms with Crippen LogP contribution in [0, 0.1) is 0 Å². The van der Waals surface area contributed by atoms with Crippen molar-refractivity contribution in [1.29, 1.82) is 0 Å². The standard InChI is InChI=1S/C5H5F3N2O/c1-10-3-2-4(9-10)11-5(6,7)8/h2-3H,1H3. The summed E-state index contributed by atoms with van der Waals surface area (Å²) >= 11 is 0. The minimum atomic E-state index is -4.66. The zero-order chi connectivity index (χ0) is 8.48. The Hall–Kier alpha value is -1.20. The highest BCUT2D eigenvalue weighted by Gasteiger charge is 2.31. The lowest BCUT2D eigenvalue weighted by Gasteiger charge is -2.03. The van der Waals surface area contributed by atoms with Crippen molar-refractivity contribution in [3.63, 3.8) is 0 Å². The van der Waals surface area contributed by atoms with Crippen LogP contribution in [0.4, 0.5) is 13.2 Å². The summed E-state index contributed by atoms with van der Waals surface area (Å²) in [5, 5.41) is 3.37. The second-order valence-corrected chi connectivity index (χ2v) is 1.88. The molecule has 0 aromatic carbocycles. The molecular formula is C5H5F3N2O. The third-order valence-electron chi connectivity index (χ3n) is 0.909. The summed E-state index contributed by atoms with van der Waals surface area (Å²) in [6.07, 6.45) is -3.30. The second kappa shape index (κ2) is 2.44. The van der Waals surface area contributed by atoms with Gasteiger partial charge in [0.25, 0.3) is 0 Å². The minimum Gasteiger partial charge on any atom is -0.386 e. The average Bonchev–Trinajstić information content (AvgIpc) is 2.10. The Morgan fingerprint density at radius 1 is 1.55 bits per heavy atom. The van der Waals surface area contributed by atoms with E-state index in [2.05, 4.69) is 9.84 Å².